The molecule has 1 saturated heterocycles. The SMILES string of the molecule is Cc1cc(O)cc(O[C@@H]2O[C@H](CO)[C@@H](O)[C@H](O)[C@H]2O)c1Cc1ccc(NC(=O)N[C@@H](Cc2ccc(O)cc2)C(N)=O)cc1. The summed E-state index contributed by atoms with van der Waals surface area (Å²) in [5, 5.41) is 64.8. The van der Waals surface area contributed by atoms with E-state index >= 15 is 0 Å². The average Bonchev–Trinajstić information content (AvgIpc) is 2.96. The number of aryl methyl sites for hydroxylation is 1. The van der Waals surface area contributed by atoms with E-state index in [1.165, 1.54) is 24.3 Å². The van der Waals surface area contributed by atoms with Crippen LogP contribution in [-0.4, -0.2) is 85.9 Å². The summed E-state index contributed by atoms with van der Waals surface area (Å²) in [7, 11) is 0. The minimum absolute atomic E-state index is 0.0756. The molecule has 4 rings (SSSR count). The summed E-state index contributed by atoms with van der Waals surface area (Å²) in [6.45, 7) is 1.14. The second-order valence-corrected chi connectivity index (χ2v) is 10.4. The lowest BCUT2D eigenvalue weighted by atomic mass is 9.98. The summed E-state index contributed by atoms with van der Waals surface area (Å²) >= 11 is 0. The molecule has 0 spiro atoms. The van der Waals surface area contributed by atoms with Crippen LogP contribution in [0.25, 0.3) is 0 Å². The van der Waals surface area contributed by atoms with Gasteiger partial charge >= 0.3 is 6.03 Å². The van der Waals surface area contributed by atoms with E-state index in [2.05, 4.69) is 10.6 Å². The maximum Gasteiger partial charge on any atom is 0.319 e. The Bertz CT molecular complexity index is 1410. The van der Waals surface area contributed by atoms with Crippen molar-refractivity contribution in [2.24, 2.45) is 5.73 Å². The van der Waals surface area contributed by atoms with Gasteiger partial charge in [0.15, 0.2) is 0 Å². The van der Waals surface area contributed by atoms with Crippen molar-refractivity contribution >= 4 is 17.6 Å². The third-order valence-corrected chi connectivity index (χ3v) is 7.13. The molecule has 230 valence electrons. The summed E-state index contributed by atoms with van der Waals surface area (Å²) in [4.78, 5) is 24.5. The van der Waals surface area contributed by atoms with E-state index in [-0.39, 0.29) is 23.7 Å². The van der Waals surface area contributed by atoms with Crippen molar-refractivity contribution in [1.82, 2.24) is 5.32 Å². The molecule has 0 bridgehead atoms. The van der Waals surface area contributed by atoms with Gasteiger partial charge in [0.05, 0.1) is 6.61 Å². The average molecular weight is 598 g/mol. The number of rotatable bonds is 10. The van der Waals surface area contributed by atoms with Crippen LogP contribution in [0, 0.1) is 6.92 Å². The van der Waals surface area contributed by atoms with Gasteiger partial charge in [-0.25, -0.2) is 4.79 Å². The van der Waals surface area contributed by atoms with Gasteiger partial charge in [-0.15, -0.1) is 0 Å². The second kappa shape index (κ2) is 13.7. The molecule has 13 nitrogen and oxygen atoms in total. The highest BCUT2D eigenvalue weighted by atomic mass is 16.7. The van der Waals surface area contributed by atoms with Gasteiger partial charge in [-0.1, -0.05) is 24.3 Å². The molecular weight excluding hydrogens is 562 g/mol. The number of ether oxygens (including phenoxy) is 2. The topological polar surface area (TPSA) is 224 Å². The lowest BCUT2D eigenvalue weighted by Gasteiger charge is -2.39. The van der Waals surface area contributed by atoms with E-state index in [1.807, 2.05) is 0 Å². The van der Waals surface area contributed by atoms with Crippen molar-refractivity contribution in [2.45, 2.75) is 56.5 Å². The quantitative estimate of drug-likeness (QED) is 0.156. The van der Waals surface area contributed by atoms with Crippen molar-refractivity contribution in [2.75, 3.05) is 11.9 Å². The Kier molecular flexibility index (Phi) is 10.1. The molecule has 1 aliphatic rings. The van der Waals surface area contributed by atoms with E-state index < -0.39 is 55.3 Å². The number of anilines is 1. The zero-order valence-corrected chi connectivity index (χ0v) is 23.3. The number of carbonyl (C=O) groups is 2. The lowest BCUT2D eigenvalue weighted by molar-refractivity contribution is -0.277. The van der Waals surface area contributed by atoms with Crippen LogP contribution >= 0.6 is 0 Å². The van der Waals surface area contributed by atoms with Crippen molar-refractivity contribution in [1.29, 1.82) is 0 Å². The van der Waals surface area contributed by atoms with Gasteiger partial charge in [0.25, 0.3) is 0 Å². The van der Waals surface area contributed by atoms with Crippen LogP contribution in [0.5, 0.6) is 17.2 Å². The summed E-state index contributed by atoms with van der Waals surface area (Å²) in [5.41, 5.74) is 8.69. The predicted molar refractivity (Wildman–Crippen MR) is 153 cm³/mol. The predicted octanol–water partition coefficient (Wildman–Crippen LogP) is 0.394. The zero-order chi connectivity index (χ0) is 31.3. The summed E-state index contributed by atoms with van der Waals surface area (Å²) in [5.74, 6) is -0.586. The number of aliphatic hydroxyl groups excluding tert-OH is 4. The van der Waals surface area contributed by atoms with E-state index in [4.69, 9.17) is 15.2 Å². The third kappa shape index (κ3) is 7.91. The van der Waals surface area contributed by atoms with E-state index in [1.54, 1.807) is 43.3 Å². The number of phenols is 2. The minimum atomic E-state index is -1.62. The minimum Gasteiger partial charge on any atom is -0.508 e. The van der Waals surface area contributed by atoms with Gasteiger partial charge in [0, 0.05) is 30.2 Å². The first kappa shape index (κ1) is 31.5. The Balaban J connectivity index is 1.43. The van der Waals surface area contributed by atoms with Crippen LogP contribution in [-0.2, 0) is 22.4 Å². The Labute approximate surface area is 247 Å². The molecule has 0 unspecified atom stereocenters. The van der Waals surface area contributed by atoms with Crippen LogP contribution in [0.2, 0.25) is 0 Å². The molecular formula is C30H35N3O10. The number of amides is 3. The van der Waals surface area contributed by atoms with Gasteiger partial charge in [-0.05, 0) is 53.9 Å². The van der Waals surface area contributed by atoms with Crippen LogP contribution in [0.1, 0.15) is 22.3 Å². The number of carbonyl (C=O) groups excluding carboxylic acids is 2. The number of urea groups is 1. The number of aromatic hydroxyl groups is 2. The van der Waals surface area contributed by atoms with Gasteiger partial charge < -0.3 is 56.5 Å². The molecule has 13 heteroatoms. The molecule has 0 saturated carbocycles. The molecule has 1 aliphatic heterocycles. The van der Waals surface area contributed by atoms with Gasteiger partial charge in [-0.2, -0.15) is 0 Å². The standard InChI is InChI=1S/C30H35N3O10/c1-15-10-20(36)13-23(42-29-27(39)26(38)25(37)24(14-34)43-29)21(15)11-16-2-6-18(7-3-16)32-30(41)33-22(28(31)40)12-17-4-8-19(35)9-5-17/h2-10,13,22,24-27,29,34-39H,11-12,14H2,1H3,(H2,31,40)(H2,32,33,41)/t22-,24+,25+,26-,27+,29+/m0/s1. The van der Waals surface area contributed by atoms with Crippen LogP contribution in [0.4, 0.5) is 10.5 Å². The number of phenolic OH excluding ortho intramolecular Hbond substituents is 2. The molecule has 6 atom stereocenters. The number of nitrogens with two attached hydrogens (primary N) is 1. The fourth-order valence-corrected chi connectivity index (χ4v) is 4.71. The molecule has 0 radical (unpaired) electrons. The smallest absolute Gasteiger partial charge is 0.319 e. The van der Waals surface area contributed by atoms with Crippen LogP contribution in [0.3, 0.4) is 0 Å². The van der Waals surface area contributed by atoms with Crippen molar-refractivity contribution in [3.05, 3.63) is 82.9 Å². The Hall–Kier alpha value is -4.40. The molecule has 0 aliphatic carbocycles. The molecule has 10 N–H and O–H groups in total. The monoisotopic (exact) mass is 597 g/mol. The Morgan fingerprint density at radius 2 is 1.58 bits per heavy atom. The van der Waals surface area contributed by atoms with E-state index in [9.17, 15) is 40.2 Å². The van der Waals surface area contributed by atoms with Crippen molar-refractivity contribution in [3.8, 4) is 17.2 Å². The summed E-state index contributed by atoms with van der Waals surface area (Å²) in [6.07, 6.45) is -6.93. The summed E-state index contributed by atoms with van der Waals surface area (Å²) in [6, 6.07) is 14.2. The van der Waals surface area contributed by atoms with E-state index in [0.717, 1.165) is 5.56 Å². The number of nitrogens with one attached hydrogen (secondary N) is 2. The number of hydrogen-bond donors (Lipinski definition) is 9. The van der Waals surface area contributed by atoms with Crippen LogP contribution in [0.15, 0.2) is 60.7 Å². The first-order valence-corrected chi connectivity index (χ1v) is 13.5. The lowest BCUT2D eigenvalue weighted by Crippen LogP contribution is -2.60. The molecule has 0 aromatic heterocycles. The molecule has 3 amide bonds. The fourth-order valence-electron chi connectivity index (χ4n) is 4.71. The van der Waals surface area contributed by atoms with Crippen molar-refractivity contribution < 1.29 is 49.7 Å². The number of hydrogen-bond acceptors (Lipinski definition) is 10. The first-order valence-electron chi connectivity index (χ1n) is 13.5. The molecule has 43 heavy (non-hydrogen) atoms. The highest BCUT2D eigenvalue weighted by Crippen LogP contribution is 2.33. The van der Waals surface area contributed by atoms with E-state index in [0.29, 0.717) is 28.8 Å². The summed E-state index contributed by atoms with van der Waals surface area (Å²) < 4.78 is 11.3. The normalized spacial score (nSPS) is 22.4. The number of benzene rings is 3. The van der Waals surface area contributed by atoms with Gasteiger partial charge in [0.1, 0.15) is 47.7 Å². The highest BCUT2D eigenvalue weighted by molar-refractivity contribution is 5.93. The van der Waals surface area contributed by atoms with Crippen LogP contribution < -0.4 is 21.1 Å². The number of primary amides is 1. The maximum atomic E-state index is 12.6. The first-order chi connectivity index (χ1) is 20.4. The third-order valence-electron chi connectivity index (χ3n) is 7.13. The number of aliphatic hydroxyl groups is 4. The fraction of sp³-hybridized carbons (Fsp3) is 0.333. The maximum absolute atomic E-state index is 12.6. The molecule has 3 aromatic carbocycles. The highest BCUT2D eigenvalue weighted by Gasteiger charge is 2.45. The van der Waals surface area contributed by atoms with Crippen molar-refractivity contribution in [3.63, 3.8) is 0 Å². The Morgan fingerprint density at radius 1 is 0.930 bits per heavy atom. The second-order valence-electron chi connectivity index (χ2n) is 10.4. The molecule has 3 aromatic rings. The largest absolute Gasteiger partial charge is 0.508 e. The Morgan fingerprint density at radius 3 is 2.21 bits per heavy atom. The zero-order valence-electron chi connectivity index (χ0n) is 23.3. The molecule has 1 fully saturated rings. The molecule has 1 heterocycles. The van der Waals surface area contributed by atoms with Gasteiger partial charge in [0.2, 0.25) is 12.2 Å². The van der Waals surface area contributed by atoms with Gasteiger partial charge in [-0.3, -0.25) is 4.79 Å².